The van der Waals surface area contributed by atoms with Crippen molar-refractivity contribution in [1.29, 1.82) is 0 Å². The smallest absolute Gasteiger partial charge is 0.338 e. The molecule has 3 rings (SSSR count). The van der Waals surface area contributed by atoms with Gasteiger partial charge in [0.1, 0.15) is 0 Å². The number of H-pyrrole nitrogens is 1. The molecule has 0 bridgehead atoms. The molecular weight excluding hydrogens is 316 g/mol. The largest absolute Gasteiger partial charge is 0.451 e. The quantitative estimate of drug-likeness (QED) is 0.584. The number of aromatic nitrogens is 1. The monoisotopic (exact) mass is 329 g/mol. The van der Waals surface area contributed by atoms with Crippen LogP contribution in [-0.2, 0) is 4.74 Å². The average molecular weight is 329 g/mol. The molecule has 0 spiro atoms. The second-order valence-corrected chi connectivity index (χ2v) is 5.29. The minimum absolute atomic E-state index is 0.160. The first kappa shape index (κ1) is 15.9. The Morgan fingerprint density at radius 3 is 2.58 bits per heavy atom. The van der Waals surface area contributed by atoms with Gasteiger partial charge in [0.05, 0.1) is 5.56 Å². The fourth-order valence-electron chi connectivity index (χ4n) is 2.40. The number of carbonyl (C=O) groups excluding carboxylic acids is 2. The molecule has 0 fully saturated rings. The van der Waals surface area contributed by atoms with Gasteiger partial charge < -0.3 is 9.72 Å². The van der Waals surface area contributed by atoms with Crippen molar-refractivity contribution in [3.05, 3.63) is 71.4 Å². The van der Waals surface area contributed by atoms with E-state index in [-0.39, 0.29) is 11.3 Å². The summed E-state index contributed by atoms with van der Waals surface area (Å²) in [5, 5.41) is 0.721. The molecule has 0 aliphatic rings. The number of Topliss-reactive ketones (excluding diaryl/α,β-unsaturated/α-hetero) is 1. The minimum Gasteiger partial charge on any atom is -0.451 e. The number of ketones is 1. The number of benzene rings is 2. The second kappa shape index (κ2) is 6.23. The number of fused-ring (bicyclic) bond motifs is 1. The Kier molecular flexibility index (Phi) is 4.12. The van der Waals surface area contributed by atoms with E-state index in [0.717, 1.165) is 29.1 Å². The number of rotatable bonds is 4. The maximum absolute atomic E-state index is 13.2. The summed E-state index contributed by atoms with van der Waals surface area (Å²) in [5.41, 5.74) is 1.03. The molecule has 0 amide bonds. The summed E-state index contributed by atoms with van der Waals surface area (Å²) in [6.45, 7) is 1.43. The highest BCUT2D eigenvalue weighted by molar-refractivity contribution is 6.10. The van der Waals surface area contributed by atoms with Crippen molar-refractivity contribution in [3.8, 4) is 0 Å². The predicted octanol–water partition coefficient (Wildman–Crippen LogP) is 3.87. The SMILES string of the molecule is C[C@@H](OC(=O)c1ccc(F)c(F)c1)C(=O)c1c[nH]c2ccccc12. The van der Waals surface area contributed by atoms with Gasteiger partial charge in [-0.3, -0.25) is 4.79 Å². The highest BCUT2D eigenvalue weighted by Gasteiger charge is 2.23. The van der Waals surface area contributed by atoms with Crippen LogP contribution in [0.1, 0.15) is 27.6 Å². The summed E-state index contributed by atoms with van der Waals surface area (Å²) >= 11 is 0. The molecule has 0 radical (unpaired) electrons. The molecule has 1 atom stereocenters. The molecule has 0 saturated carbocycles. The van der Waals surface area contributed by atoms with Gasteiger partial charge in [-0.05, 0) is 31.2 Å². The van der Waals surface area contributed by atoms with E-state index in [1.165, 1.54) is 6.92 Å². The lowest BCUT2D eigenvalue weighted by atomic mass is 10.1. The number of ether oxygens (including phenoxy) is 1. The first-order chi connectivity index (χ1) is 11.5. The Hall–Kier alpha value is -3.02. The molecule has 2 aromatic carbocycles. The zero-order valence-electron chi connectivity index (χ0n) is 12.7. The molecule has 1 aromatic heterocycles. The Balaban J connectivity index is 1.78. The molecule has 1 N–H and O–H groups in total. The first-order valence-electron chi connectivity index (χ1n) is 7.23. The van der Waals surface area contributed by atoms with Crippen LogP contribution in [0.4, 0.5) is 8.78 Å². The minimum atomic E-state index is -1.15. The van der Waals surface area contributed by atoms with Gasteiger partial charge in [-0.15, -0.1) is 0 Å². The number of hydrogen-bond acceptors (Lipinski definition) is 3. The summed E-state index contributed by atoms with van der Waals surface area (Å²) in [5.74, 6) is -3.49. The standard InChI is InChI=1S/C18H13F2NO3/c1-10(24-18(23)11-6-7-14(19)15(20)8-11)17(22)13-9-21-16-5-3-2-4-12(13)16/h2-10,21H,1H3/t10-/m1/s1. The number of aromatic amines is 1. The first-order valence-corrected chi connectivity index (χ1v) is 7.23. The molecule has 0 saturated heterocycles. The van der Waals surface area contributed by atoms with Crippen LogP contribution >= 0.6 is 0 Å². The topological polar surface area (TPSA) is 59.2 Å². The van der Waals surface area contributed by atoms with E-state index in [0.29, 0.717) is 5.56 Å². The van der Waals surface area contributed by atoms with E-state index in [1.54, 1.807) is 18.3 Å². The van der Waals surface area contributed by atoms with Crippen molar-refractivity contribution in [2.75, 3.05) is 0 Å². The second-order valence-electron chi connectivity index (χ2n) is 5.29. The Labute approximate surface area is 136 Å². The molecule has 0 aliphatic carbocycles. The fraction of sp³-hybridized carbons (Fsp3) is 0.111. The Morgan fingerprint density at radius 1 is 1.08 bits per heavy atom. The third kappa shape index (κ3) is 2.90. The number of carbonyl (C=O) groups is 2. The van der Waals surface area contributed by atoms with Gasteiger partial charge in [0.25, 0.3) is 0 Å². The number of para-hydroxylation sites is 1. The molecule has 4 nitrogen and oxygen atoms in total. The molecule has 0 aliphatic heterocycles. The molecule has 1 heterocycles. The molecule has 122 valence electrons. The molecule has 3 aromatic rings. The van der Waals surface area contributed by atoms with Crippen molar-refractivity contribution in [2.24, 2.45) is 0 Å². The highest BCUT2D eigenvalue weighted by atomic mass is 19.2. The Morgan fingerprint density at radius 2 is 1.83 bits per heavy atom. The van der Waals surface area contributed by atoms with Crippen LogP contribution in [0.5, 0.6) is 0 Å². The summed E-state index contributed by atoms with van der Waals surface area (Å²) in [4.78, 5) is 27.4. The van der Waals surface area contributed by atoms with Crippen LogP contribution in [0.25, 0.3) is 10.9 Å². The summed E-state index contributed by atoms with van der Waals surface area (Å²) in [7, 11) is 0. The van der Waals surface area contributed by atoms with Crippen LogP contribution < -0.4 is 0 Å². The van der Waals surface area contributed by atoms with Gasteiger partial charge in [0.15, 0.2) is 17.7 Å². The lowest BCUT2D eigenvalue weighted by molar-refractivity contribution is 0.0319. The van der Waals surface area contributed by atoms with Gasteiger partial charge in [0, 0.05) is 22.7 Å². The van der Waals surface area contributed by atoms with Gasteiger partial charge in [0.2, 0.25) is 5.78 Å². The summed E-state index contributed by atoms with van der Waals surface area (Å²) in [6.07, 6.45) is 0.486. The van der Waals surface area contributed by atoms with E-state index in [2.05, 4.69) is 4.98 Å². The lowest BCUT2D eigenvalue weighted by Gasteiger charge is -2.12. The number of halogens is 2. The Bertz CT molecular complexity index is 933. The van der Waals surface area contributed by atoms with Crippen LogP contribution in [0, 0.1) is 11.6 Å². The van der Waals surface area contributed by atoms with Crippen LogP contribution in [0.2, 0.25) is 0 Å². The van der Waals surface area contributed by atoms with Gasteiger partial charge in [-0.25, -0.2) is 13.6 Å². The third-order valence-electron chi connectivity index (χ3n) is 3.66. The van der Waals surface area contributed by atoms with Crippen molar-refractivity contribution >= 4 is 22.7 Å². The van der Waals surface area contributed by atoms with Crippen LogP contribution in [0.3, 0.4) is 0 Å². The zero-order chi connectivity index (χ0) is 17.3. The summed E-state index contributed by atoms with van der Waals surface area (Å²) in [6, 6.07) is 9.90. The molecule has 6 heteroatoms. The molecule has 0 unspecified atom stereocenters. The van der Waals surface area contributed by atoms with Crippen LogP contribution in [-0.4, -0.2) is 22.8 Å². The van der Waals surface area contributed by atoms with Crippen molar-refractivity contribution in [1.82, 2.24) is 4.98 Å². The van der Waals surface area contributed by atoms with Crippen molar-refractivity contribution < 1.29 is 23.1 Å². The molecule has 24 heavy (non-hydrogen) atoms. The van der Waals surface area contributed by atoms with E-state index < -0.39 is 23.7 Å². The van der Waals surface area contributed by atoms with Gasteiger partial charge in [-0.1, -0.05) is 18.2 Å². The fourth-order valence-corrected chi connectivity index (χ4v) is 2.40. The number of hydrogen-bond donors (Lipinski definition) is 1. The lowest BCUT2D eigenvalue weighted by Crippen LogP contribution is -2.24. The van der Waals surface area contributed by atoms with E-state index in [1.807, 2.05) is 12.1 Å². The molecular formula is C18H13F2NO3. The third-order valence-corrected chi connectivity index (χ3v) is 3.66. The van der Waals surface area contributed by atoms with Crippen molar-refractivity contribution in [2.45, 2.75) is 13.0 Å². The number of esters is 1. The van der Waals surface area contributed by atoms with E-state index in [4.69, 9.17) is 4.74 Å². The predicted molar refractivity (Wildman–Crippen MR) is 83.9 cm³/mol. The van der Waals surface area contributed by atoms with Gasteiger partial charge >= 0.3 is 5.97 Å². The zero-order valence-corrected chi connectivity index (χ0v) is 12.7. The maximum Gasteiger partial charge on any atom is 0.338 e. The highest BCUT2D eigenvalue weighted by Crippen LogP contribution is 2.20. The summed E-state index contributed by atoms with van der Waals surface area (Å²) < 4.78 is 31.2. The average Bonchev–Trinajstić information content (AvgIpc) is 3.00. The van der Waals surface area contributed by atoms with E-state index in [9.17, 15) is 18.4 Å². The van der Waals surface area contributed by atoms with Gasteiger partial charge in [-0.2, -0.15) is 0 Å². The van der Waals surface area contributed by atoms with E-state index >= 15 is 0 Å². The van der Waals surface area contributed by atoms with Crippen molar-refractivity contribution in [3.63, 3.8) is 0 Å². The normalized spacial score (nSPS) is 12.1. The van der Waals surface area contributed by atoms with Crippen LogP contribution in [0.15, 0.2) is 48.7 Å². The maximum atomic E-state index is 13.2. The number of nitrogens with one attached hydrogen (secondary N) is 1.